The van der Waals surface area contributed by atoms with Gasteiger partial charge in [0.25, 0.3) is 5.91 Å². The summed E-state index contributed by atoms with van der Waals surface area (Å²) in [5.74, 6) is -0.157. The van der Waals surface area contributed by atoms with Gasteiger partial charge in [0.15, 0.2) is 0 Å². The summed E-state index contributed by atoms with van der Waals surface area (Å²) in [5, 5.41) is 16.3. The Morgan fingerprint density at radius 2 is 2.29 bits per heavy atom. The lowest BCUT2D eigenvalue weighted by Crippen LogP contribution is -2.27. The van der Waals surface area contributed by atoms with Gasteiger partial charge in [0.2, 0.25) is 0 Å². The molecule has 0 fully saturated rings. The van der Waals surface area contributed by atoms with E-state index < -0.39 is 6.10 Å². The summed E-state index contributed by atoms with van der Waals surface area (Å²) in [4.78, 5) is 12.3. The van der Waals surface area contributed by atoms with Gasteiger partial charge in [-0.05, 0) is 50.5 Å². The fourth-order valence-electron chi connectivity index (χ4n) is 1.30. The summed E-state index contributed by atoms with van der Waals surface area (Å²) in [6, 6.07) is 5.43. The third-order valence-electron chi connectivity index (χ3n) is 2.18. The Morgan fingerprint density at radius 3 is 2.88 bits per heavy atom. The number of aliphatic hydroxyl groups excluding tert-OH is 1. The largest absolute Gasteiger partial charge is 0.387 e. The Labute approximate surface area is 115 Å². The predicted molar refractivity (Wildman–Crippen MR) is 73.6 cm³/mol. The van der Waals surface area contributed by atoms with E-state index in [1.807, 2.05) is 22.9 Å². The Kier molecular flexibility index (Phi) is 4.33. The van der Waals surface area contributed by atoms with Crippen molar-refractivity contribution in [3.8, 4) is 0 Å². The molecule has 90 valence electrons. The quantitative estimate of drug-likeness (QED) is 0.904. The summed E-state index contributed by atoms with van der Waals surface area (Å²) >= 11 is 6.20. The fourth-order valence-corrected chi connectivity index (χ4v) is 3.30. The summed E-state index contributed by atoms with van der Waals surface area (Å²) in [5.41, 5.74) is 0.836. The number of carbonyl (C=O) groups excluding carboxylic acids is 1. The van der Waals surface area contributed by atoms with Crippen molar-refractivity contribution in [3.05, 3.63) is 43.2 Å². The summed E-state index contributed by atoms with van der Waals surface area (Å²) in [6.07, 6.45) is -0.645. The van der Waals surface area contributed by atoms with E-state index in [0.717, 1.165) is 9.35 Å². The molecule has 2 aromatic rings. The molecule has 17 heavy (non-hydrogen) atoms. The van der Waals surface area contributed by atoms with Crippen LogP contribution in [0.5, 0.6) is 0 Å². The zero-order valence-electron chi connectivity index (χ0n) is 8.72. The second-order valence-electron chi connectivity index (χ2n) is 3.39. The fraction of sp³-hybridized carbons (Fsp3) is 0.182. The van der Waals surface area contributed by atoms with Gasteiger partial charge in [-0.15, -0.1) is 11.3 Å². The summed E-state index contributed by atoms with van der Waals surface area (Å²) < 4.78 is 0.918. The van der Waals surface area contributed by atoms with Crippen molar-refractivity contribution in [2.45, 2.75) is 6.10 Å². The van der Waals surface area contributed by atoms with Gasteiger partial charge >= 0.3 is 0 Å². The van der Waals surface area contributed by atoms with Crippen molar-refractivity contribution < 1.29 is 9.90 Å². The highest BCUT2D eigenvalue weighted by atomic mass is 79.9. The van der Waals surface area contributed by atoms with Gasteiger partial charge in [-0.1, -0.05) is 0 Å². The van der Waals surface area contributed by atoms with Gasteiger partial charge in [0.1, 0.15) is 0 Å². The highest BCUT2D eigenvalue weighted by Gasteiger charge is 2.12. The highest BCUT2D eigenvalue weighted by Crippen LogP contribution is 2.22. The normalized spacial score (nSPS) is 12.4. The second-order valence-corrected chi connectivity index (χ2v) is 6.63. The van der Waals surface area contributed by atoms with Crippen LogP contribution < -0.4 is 5.32 Å². The Balaban J connectivity index is 1.88. The number of aliphatic hydroxyl groups is 1. The Bertz CT molecular complexity index is 495. The van der Waals surface area contributed by atoms with Gasteiger partial charge in [-0.2, -0.15) is 11.3 Å². The van der Waals surface area contributed by atoms with E-state index in [1.54, 1.807) is 6.07 Å². The van der Waals surface area contributed by atoms with Crippen LogP contribution in [-0.2, 0) is 0 Å². The van der Waals surface area contributed by atoms with Crippen LogP contribution in [0.3, 0.4) is 0 Å². The summed E-state index contributed by atoms with van der Waals surface area (Å²) in [6.45, 7) is 0.227. The lowest BCUT2D eigenvalue weighted by Gasteiger charge is -2.09. The van der Waals surface area contributed by atoms with E-state index in [-0.39, 0.29) is 12.5 Å². The molecule has 0 aliphatic carbocycles. The number of amides is 1. The third kappa shape index (κ3) is 3.38. The molecule has 0 aliphatic heterocycles. The van der Waals surface area contributed by atoms with Crippen LogP contribution in [0.15, 0.2) is 32.7 Å². The summed E-state index contributed by atoms with van der Waals surface area (Å²) in [7, 11) is 0. The van der Waals surface area contributed by atoms with Gasteiger partial charge in [-0.25, -0.2) is 0 Å². The van der Waals surface area contributed by atoms with Crippen LogP contribution in [0, 0.1) is 0 Å². The van der Waals surface area contributed by atoms with E-state index >= 15 is 0 Å². The number of thiophene rings is 2. The molecule has 3 nitrogen and oxygen atoms in total. The first kappa shape index (κ1) is 12.8. The minimum Gasteiger partial charge on any atom is -0.387 e. The van der Waals surface area contributed by atoms with Gasteiger partial charge in [-0.3, -0.25) is 4.79 Å². The molecule has 0 unspecified atom stereocenters. The lowest BCUT2D eigenvalue weighted by atomic mass is 10.2. The van der Waals surface area contributed by atoms with E-state index in [1.165, 1.54) is 22.7 Å². The van der Waals surface area contributed by atoms with E-state index in [4.69, 9.17) is 0 Å². The van der Waals surface area contributed by atoms with E-state index in [2.05, 4.69) is 21.2 Å². The van der Waals surface area contributed by atoms with E-state index in [0.29, 0.717) is 4.88 Å². The molecule has 2 rings (SSSR count). The van der Waals surface area contributed by atoms with Crippen LogP contribution in [0.4, 0.5) is 0 Å². The molecule has 0 radical (unpaired) electrons. The number of hydrogen-bond acceptors (Lipinski definition) is 4. The minimum atomic E-state index is -0.645. The molecule has 0 aromatic carbocycles. The molecule has 0 saturated carbocycles. The highest BCUT2D eigenvalue weighted by molar-refractivity contribution is 9.11. The van der Waals surface area contributed by atoms with Gasteiger partial charge < -0.3 is 10.4 Å². The monoisotopic (exact) mass is 331 g/mol. The number of nitrogens with one attached hydrogen (secondary N) is 1. The number of rotatable bonds is 4. The lowest BCUT2D eigenvalue weighted by molar-refractivity contribution is 0.0920. The second kappa shape index (κ2) is 5.77. The first-order valence-electron chi connectivity index (χ1n) is 4.90. The maximum Gasteiger partial charge on any atom is 0.261 e. The SMILES string of the molecule is O=C(NC[C@H](O)c1ccsc1)c1ccc(Br)s1. The molecule has 0 saturated heterocycles. The number of carbonyl (C=O) groups is 1. The van der Waals surface area contributed by atoms with Crippen molar-refractivity contribution >= 4 is 44.5 Å². The molecule has 6 heteroatoms. The molecular formula is C11H10BrNO2S2. The maximum absolute atomic E-state index is 11.7. The van der Waals surface area contributed by atoms with Crippen LogP contribution in [-0.4, -0.2) is 17.6 Å². The van der Waals surface area contributed by atoms with Crippen LogP contribution in [0.25, 0.3) is 0 Å². The standard InChI is InChI=1S/C11H10BrNO2S2/c12-10-2-1-9(17-10)11(15)13-5-8(14)7-3-4-16-6-7/h1-4,6,8,14H,5H2,(H,13,15)/t8-/m0/s1. The molecule has 0 bridgehead atoms. The third-order valence-corrected chi connectivity index (χ3v) is 4.50. The molecule has 2 heterocycles. The first-order chi connectivity index (χ1) is 8.16. The van der Waals surface area contributed by atoms with Crippen molar-refractivity contribution in [3.63, 3.8) is 0 Å². The average molecular weight is 332 g/mol. The molecular weight excluding hydrogens is 322 g/mol. The molecule has 2 aromatic heterocycles. The maximum atomic E-state index is 11.7. The zero-order valence-corrected chi connectivity index (χ0v) is 11.9. The Morgan fingerprint density at radius 1 is 1.47 bits per heavy atom. The molecule has 2 N–H and O–H groups in total. The molecule has 1 amide bonds. The average Bonchev–Trinajstić information content (AvgIpc) is 2.95. The first-order valence-corrected chi connectivity index (χ1v) is 7.46. The van der Waals surface area contributed by atoms with Gasteiger partial charge in [0, 0.05) is 6.54 Å². The van der Waals surface area contributed by atoms with Crippen molar-refractivity contribution in [1.29, 1.82) is 0 Å². The Hall–Kier alpha value is -0.690. The van der Waals surface area contributed by atoms with Crippen LogP contribution in [0.2, 0.25) is 0 Å². The van der Waals surface area contributed by atoms with Crippen molar-refractivity contribution in [1.82, 2.24) is 5.32 Å². The minimum absolute atomic E-state index is 0.157. The van der Waals surface area contributed by atoms with Crippen molar-refractivity contribution in [2.75, 3.05) is 6.54 Å². The zero-order chi connectivity index (χ0) is 12.3. The predicted octanol–water partition coefficient (Wildman–Crippen LogP) is 3.04. The van der Waals surface area contributed by atoms with Crippen LogP contribution in [0.1, 0.15) is 21.3 Å². The van der Waals surface area contributed by atoms with Crippen LogP contribution >= 0.6 is 38.6 Å². The molecule has 1 atom stereocenters. The number of hydrogen-bond donors (Lipinski definition) is 2. The smallest absolute Gasteiger partial charge is 0.261 e. The van der Waals surface area contributed by atoms with Gasteiger partial charge in [0.05, 0.1) is 14.8 Å². The van der Waals surface area contributed by atoms with E-state index in [9.17, 15) is 9.90 Å². The molecule has 0 spiro atoms. The molecule has 0 aliphatic rings. The topological polar surface area (TPSA) is 49.3 Å². The number of halogens is 1. The van der Waals surface area contributed by atoms with Crippen molar-refractivity contribution in [2.24, 2.45) is 0 Å².